The maximum absolute atomic E-state index is 5.47. The number of likely N-dealkylation sites (N-methyl/N-ethyl adjacent to an activating group) is 1. The van der Waals surface area contributed by atoms with Crippen molar-refractivity contribution in [2.24, 2.45) is 5.92 Å². The molecule has 21 heavy (non-hydrogen) atoms. The highest BCUT2D eigenvalue weighted by Crippen LogP contribution is 2.27. The maximum atomic E-state index is 5.47. The lowest BCUT2D eigenvalue weighted by Gasteiger charge is -2.26. The minimum absolute atomic E-state index is 0.251. The van der Waals surface area contributed by atoms with Crippen molar-refractivity contribution >= 4 is 11.3 Å². The lowest BCUT2D eigenvalue weighted by molar-refractivity contribution is -0.0442. The van der Waals surface area contributed by atoms with E-state index in [9.17, 15) is 0 Å². The number of thiazole rings is 1. The molecular weight excluding hydrogens is 286 g/mol. The van der Waals surface area contributed by atoms with E-state index in [-0.39, 0.29) is 6.29 Å². The van der Waals surface area contributed by atoms with Gasteiger partial charge in [-0.25, -0.2) is 4.98 Å². The molecule has 1 fully saturated rings. The van der Waals surface area contributed by atoms with E-state index >= 15 is 0 Å². The average molecular weight is 313 g/mol. The summed E-state index contributed by atoms with van der Waals surface area (Å²) >= 11 is 1.67. The zero-order chi connectivity index (χ0) is 15.2. The summed E-state index contributed by atoms with van der Waals surface area (Å²) in [5.41, 5.74) is 0. The summed E-state index contributed by atoms with van der Waals surface area (Å²) < 4.78 is 10.9. The highest BCUT2D eigenvalue weighted by atomic mass is 32.1. The fraction of sp³-hybridized carbons (Fsp3) is 0.800. The van der Waals surface area contributed by atoms with Gasteiger partial charge in [-0.15, -0.1) is 11.3 Å². The molecule has 1 atom stereocenters. The van der Waals surface area contributed by atoms with E-state index in [1.165, 1.54) is 11.3 Å². The van der Waals surface area contributed by atoms with Crippen LogP contribution in [0.25, 0.3) is 0 Å². The molecule has 1 aromatic rings. The van der Waals surface area contributed by atoms with E-state index in [0.29, 0.717) is 25.2 Å². The van der Waals surface area contributed by atoms with Gasteiger partial charge in [0.15, 0.2) is 0 Å². The van der Waals surface area contributed by atoms with Gasteiger partial charge in [0, 0.05) is 30.2 Å². The molecule has 2 heterocycles. The minimum Gasteiger partial charge on any atom is -0.344 e. The first-order valence-electron chi connectivity index (χ1n) is 7.61. The SMILES string of the molecule is CC(C)C[C@@H](CNCc1cnc(C2OCCO2)s1)N(C)C. The van der Waals surface area contributed by atoms with Gasteiger partial charge in [0.2, 0.25) is 6.29 Å². The topological polar surface area (TPSA) is 46.6 Å². The zero-order valence-corrected chi connectivity index (χ0v) is 14.3. The highest BCUT2D eigenvalue weighted by molar-refractivity contribution is 7.11. The molecule has 6 heteroatoms. The third-order valence-electron chi connectivity index (χ3n) is 3.55. The fourth-order valence-corrected chi connectivity index (χ4v) is 3.28. The summed E-state index contributed by atoms with van der Waals surface area (Å²) in [5, 5.41) is 4.47. The van der Waals surface area contributed by atoms with Crippen molar-refractivity contribution in [2.75, 3.05) is 33.9 Å². The summed E-state index contributed by atoms with van der Waals surface area (Å²) in [6.07, 6.45) is 2.88. The van der Waals surface area contributed by atoms with E-state index in [0.717, 1.165) is 18.1 Å². The lowest BCUT2D eigenvalue weighted by Crippen LogP contribution is -2.38. The Kier molecular flexibility index (Phi) is 6.57. The molecule has 1 aliphatic rings. The van der Waals surface area contributed by atoms with Crippen LogP contribution in [0.4, 0.5) is 0 Å². The van der Waals surface area contributed by atoms with Crippen molar-refractivity contribution in [2.45, 2.75) is 39.1 Å². The molecule has 1 aliphatic heterocycles. The Morgan fingerprint density at radius 2 is 2.10 bits per heavy atom. The van der Waals surface area contributed by atoms with Crippen LogP contribution in [-0.4, -0.2) is 49.8 Å². The molecule has 0 unspecified atom stereocenters. The first-order valence-corrected chi connectivity index (χ1v) is 8.43. The largest absolute Gasteiger partial charge is 0.344 e. The Bertz CT molecular complexity index is 417. The molecule has 0 spiro atoms. The van der Waals surface area contributed by atoms with E-state index in [1.807, 2.05) is 6.20 Å². The number of rotatable bonds is 8. The molecule has 1 N–H and O–H groups in total. The second kappa shape index (κ2) is 8.19. The molecule has 120 valence electrons. The van der Waals surface area contributed by atoms with Gasteiger partial charge in [0.1, 0.15) is 5.01 Å². The summed E-state index contributed by atoms with van der Waals surface area (Å²) in [5.74, 6) is 0.714. The van der Waals surface area contributed by atoms with Gasteiger partial charge in [-0.2, -0.15) is 0 Å². The van der Waals surface area contributed by atoms with Crippen molar-refractivity contribution in [3.63, 3.8) is 0 Å². The predicted molar refractivity (Wildman–Crippen MR) is 85.4 cm³/mol. The zero-order valence-electron chi connectivity index (χ0n) is 13.5. The molecule has 0 radical (unpaired) electrons. The maximum Gasteiger partial charge on any atom is 0.211 e. The van der Waals surface area contributed by atoms with E-state index in [1.54, 1.807) is 11.3 Å². The van der Waals surface area contributed by atoms with Crippen LogP contribution < -0.4 is 5.32 Å². The summed E-state index contributed by atoms with van der Waals surface area (Å²) in [6.45, 7) is 7.72. The number of aromatic nitrogens is 1. The third kappa shape index (κ3) is 5.30. The monoisotopic (exact) mass is 313 g/mol. The normalized spacial score (nSPS) is 18.0. The summed E-state index contributed by atoms with van der Waals surface area (Å²) in [4.78, 5) is 7.92. The highest BCUT2D eigenvalue weighted by Gasteiger charge is 2.21. The Balaban J connectivity index is 1.77. The van der Waals surface area contributed by atoms with Crippen LogP contribution in [0.2, 0.25) is 0 Å². The molecular formula is C15H27N3O2S. The van der Waals surface area contributed by atoms with Crippen molar-refractivity contribution in [3.8, 4) is 0 Å². The predicted octanol–water partition coefficient (Wildman–Crippen LogP) is 2.25. The van der Waals surface area contributed by atoms with Crippen LogP contribution in [0.3, 0.4) is 0 Å². The molecule has 1 aromatic heterocycles. The molecule has 2 rings (SSSR count). The summed E-state index contributed by atoms with van der Waals surface area (Å²) in [6, 6.07) is 0.568. The lowest BCUT2D eigenvalue weighted by atomic mass is 10.0. The van der Waals surface area contributed by atoms with Crippen LogP contribution in [0.5, 0.6) is 0 Å². The third-order valence-corrected chi connectivity index (χ3v) is 4.57. The van der Waals surface area contributed by atoms with Gasteiger partial charge < -0.3 is 19.7 Å². The van der Waals surface area contributed by atoms with Gasteiger partial charge >= 0.3 is 0 Å². The first kappa shape index (κ1) is 16.8. The Morgan fingerprint density at radius 1 is 1.38 bits per heavy atom. The van der Waals surface area contributed by atoms with E-state index in [2.05, 4.69) is 43.1 Å². The molecule has 0 bridgehead atoms. The van der Waals surface area contributed by atoms with Gasteiger partial charge in [-0.05, 0) is 26.4 Å². The van der Waals surface area contributed by atoms with Crippen molar-refractivity contribution in [1.82, 2.24) is 15.2 Å². The quantitative estimate of drug-likeness (QED) is 0.797. The summed E-state index contributed by atoms with van der Waals surface area (Å²) in [7, 11) is 4.29. The molecule has 0 amide bonds. The second-order valence-electron chi connectivity index (χ2n) is 6.12. The molecule has 1 saturated heterocycles. The Morgan fingerprint density at radius 3 is 2.71 bits per heavy atom. The van der Waals surface area contributed by atoms with Gasteiger partial charge in [0.25, 0.3) is 0 Å². The number of hydrogen-bond acceptors (Lipinski definition) is 6. The van der Waals surface area contributed by atoms with Gasteiger partial charge in [0.05, 0.1) is 13.2 Å². The van der Waals surface area contributed by atoms with Crippen molar-refractivity contribution in [1.29, 1.82) is 0 Å². The fourth-order valence-electron chi connectivity index (χ4n) is 2.40. The van der Waals surface area contributed by atoms with Crippen molar-refractivity contribution < 1.29 is 9.47 Å². The molecule has 0 aliphatic carbocycles. The smallest absolute Gasteiger partial charge is 0.211 e. The average Bonchev–Trinajstić information content (AvgIpc) is 3.07. The Hall–Kier alpha value is -0.530. The molecule has 0 saturated carbocycles. The Labute approximate surface area is 131 Å². The van der Waals surface area contributed by atoms with Crippen LogP contribution in [0.1, 0.15) is 36.4 Å². The van der Waals surface area contributed by atoms with Crippen molar-refractivity contribution in [3.05, 3.63) is 16.1 Å². The van der Waals surface area contributed by atoms with E-state index < -0.39 is 0 Å². The van der Waals surface area contributed by atoms with Crippen LogP contribution in [0, 0.1) is 5.92 Å². The van der Waals surface area contributed by atoms with Crippen LogP contribution in [0.15, 0.2) is 6.20 Å². The first-order chi connectivity index (χ1) is 10.1. The van der Waals surface area contributed by atoms with Crippen LogP contribution in [-0.2, 0) is 16.0 Å². The number of ether oxygens (including phenoxy) is 2. The van der Waals surface area contributed by atoms with Gasteiger partial charge in [-0.3, -0.25) is 0 Å². The number of nitrogens with zero attached hydrogens (tertiary/aromatic N) is 2. The van der Waals surface area contributed by atoms with Crippen LogP contribution >= 0.6 is 11.3 Å². The molecule has 5 nitrogen and oxygen atoms in total. The minimum atomic E-state index is -0.251. The van der Waals surface area contributed by atoms with E-state index in [4.69, 9.17) is 9.47 Å². The number of hydrogen-bond donors (Lipinski definition) is 1. The van der Waals surface area contributed by atoms with Gasteiger partial charge in [-0.1, -0.05) is 13.8 Å². The number of nitrogens with one attached hydrogen (secondary N) is 1. The standard InChI is InChI=1S/C15H27N3O2S/c1-11(2)7-12(18(3)4)8-16-9-13-10-17-14(21-13)15-19-5-6-20-15/h10-12,15-16H,5-9H2,1-4H3/t12-/m0/s1. The molecule has 0 aromatic carbocycles. The second-order valence-corrected chi connectivity index (χ2v) is 7.26.